The molecule has 1 amide bonds. The van der Waals surface area contributed by atoms with Crippen LogP contribution in [0, 0.1) is 0 Å². The maximum Gasteiger partial charge on any atom is 0.329 e. The predicted octanol–water partition coefficient (Wildman–Crippen LogP) is 3.46. The molecule has 2 rings (SSSR count). The molecule has 1 aliphatic heterocycles. The summed E-state index contributed by atoms with van der Waals surface area (Å²) in [5.74, 6) is -1.43. The van der Waals surface area contributed by atoms with E-state index in [-0.39, 0.29) is 15.6 Å². The summed E-state index contributed by atoms with van der Waals surface area (Å²) in [6.07, 6.45) is 1.98. The zero-order valence-corrected chi connectivity index (χ0v) is 12.5. The molecule has 0 radical (unpaired) electrons. The van der Waals surface area contributed by atoms with Crippen molar-refractivity contribution < 1.29 is 14.7 Å². The average molecular weight is 316 g/mol. The van der Waals surface area contributed by atoms with Crippen LogP contribution in [0.4, 0.5) is 0 Å². The van der Waals surface area contributed by atoms with Gasteiger partial charge >= 0.3 is 5.97 Å². The lowest BCUT2D eigenvalue weighted by atomic mass is 9.88. The van der Waals surface area contributed by atoms with E-state index in [4.69, 9.17) is 23.2 Å². The molecule has 0 aromatic heterocycles. The molecule has 0 bridgehead atoms. The van der Waals surface area contributed by atoms with Crippen LogP contribution in [0.5, 0.6) is 0 Å². The highest BCUT2D eigenvalue weighted by molar-refractivity contribution is 6.39. The average Bonchev–Trinajstić information content (AvgIpc) is 2.38. The first-order valence-corrected chi connectivity index (χ1v) is 7.13. The minimum absolute atomic E-state index is 0.171. The molecule has 1 aliphatic rings. The summed E-state index contributed by atoms with van der Waals surface area (Å²) in [5.41, 5.74) is -1.04. The second-order valence-corrected chi connectivity index (χ2v) is 5.90. The molecule has 1 heterocycles. The van der Waals surface area contributed by atoms with Crippen LogP contribution in [0.3, 0.4) is 0 Å². The lowest BCUT2D eigenvalue weighted by Crippen LogP contribution is -2.57. The van der Waals surface area contributed by atoms with Crippen LogP contribution in [-0.2, 0) is 4.79 Å². The molecule has 0 spiro atoms. The highest BCUT2D eigenvalue weighted by atomic mass is 35.5. The first-order valence-electron chi connectivity index (χ1n) is 6.37. The summed E-state index contributed by atoms with van der Waals surface area (Å²) in [6.45, 7) is 1.96. The number of rotatable bonds is 2. The molecule has 4 nitrogen and oxygen atoms in total. The molecular formula is C14H15Cl2NO3. The minimum Gasteiger partial charge on any atom is -0.480 e. The molecule has 1 N–H and O–H groups in total. The van der Waals surface area contributed by atoms with Gasteiger partial charge in [0.25, 0.3) is 5.91 Å². The summed E-state index contributed by atoms with van der Waals surface area (Å²) < 4.78 is 0. The highest BCUT2D eigenvalue weighted by Gasteiger charge is 2.44. The smallest absolute Gasteiger partial charge is 0.329 e. The third-order valence-corrected chi connectivity index (χ3v) is 4.40. The van der Waals surface area contributed by atoms with Crippen LogP contribution in [0.1, 0.15) is 36.5 Å². The van der Waals surface area contributed by atoms with Gasteiger partial charge in [-0.1, -0.05) is 29.3 Å². The molecule has 0 aliphatic carbocycles. The number of carbonyl (C=O) groups is 2. The van der Waals surface area contributed by atoms with E-state index in [1.807, 2.05) is 0 Å². The molecular weight excluding hydrogens is 301 g/mol. The van der Waals surface area contributed by atoms with E-state index < -0.39 is 17.4 Å². The van der Waals surface area contributed by atoms with Crippen LogP contribution in [0.2, 0.25) is 10.0 Å². The number of benzene rings is 1. The Morgan fingerprint density at radius 1 is 1.25 bits per heavy atom. The number of hydrogen-bond donors (Lipinski definition) is 1. The van der Waals surface area contributed by atoms with Crippen LogP contribution in [0.15, 0.2) is 18.2 Å². The fourth-order valence-corrected chi connectivity index (χ4v) is 3.07. The predicted molar refractivity (Wildman–Crippen MR) is 77.4 cm³/mol. The van der Waals surface area contributed by atoms with E-state index in [0.29, 0.717) is 13.0 Å². The number of amides is 1. The molecule has 0 saturated carbocycles. The minimum atomic E-state index is -1.21. The van der Waals surface area contributed by atoms with Gasteiger partial charge in [-0.15, -0.1) is 0 Å². The Labute approximate surface area is 127 Å². The lowest BCUT2D eigenvalue weighted by molar-refractivity contribution is -0.150. The number of nitrogens with zero attached hydrogens (tertiary/aromatic N) is 1. The van der Waals surface area contributed by atoms with E-state index in [2.05, 4.69) is 0 Å². The maximum atomic E-state index is 12.7. The summed E-state index contributed by atoms with van der Waals surface area (Å²) in [7, 11) is 0. The summed E-state index contributed by atoms with van der Waals surface area (Å²) in [4.78, 5) is 25.6. The van der Waals surface area contributed by atoms with Gasteiger partial charge in [0.2, 0.25) is 0 Å². The molecule has 108 valence electrons. The number of likely N-dealkylation sites (tertiary alicyclic amines) is 1. The number of carboxylic acids is 1. The SMILES string of the molecule is CC1(C(=O)O)CCCCN1C(=O)c1c(Cl)cccc1Cl. The molecule has 1 atom stereocenters. The van der Waals surface area contributed by atoms with E-state index in [1.165, 1.54) is 4.90 Å². The zero-order chi connectivity index (χ0) is 14.9. The van der Waals surface area contributed by atoms with Crippen molar-refractivity contribution in [1.82, 2.24) is 4.90 Å². The Bertz CT molecular complexity index is 541. The van der Waals surface area contributed by atoms with Gasteiger partial charge in [-0.2, -0.15) is 0 Å². The number of carbonyl (C=O) groups excluding carboxylic acids is 1. The van der Waals surface area contributed by atoms with Crippen molar-refractivity contribution in [3.63, 3.8) is 0 Å². The van der Waals surface area contributed by atoms with Crippen LogP contribution in [0.25, 0.3) is 0 Å². The van der Waals surface area contributed by atoms with Crippen molar-refractivity contribution in [3.8, 4) is 0 Å². The van der Waals surface area contributed by atoms with Gasteiger partial charge in [-0.3, -0.25) is 4.79 Å². The second-order valence-electron chi connectivity index (χ2n) is 5.09. The third kappa shape index (κ3) is 2.50. The third-order valence-electron chi connectivity index (χ3n) is 3.77. The first-order chi connectivity index (χ1) is 9.38. The summed E-state index contributed by atoms with van der Waals surface area (Å²) in [5, 5.41) is 9.92. The zero-order valence-electron chi connectivity index (χ0n) is 11.0. The van der Waals surface area contributed by atoms with Gasteiger partial charge in [-0.05, 0) is 38.3 Å². The first kappa shape index (κ1) is 15.1. The maximum absolute atomic E-state index is 12.7. The molecule has 1 unspecified atom stereocenters. The molecule has 1 aromatic rings. The number of halogens is 2. The van der Waals surface area contributed by atoms with Crippen LogP contribution in [-0.4, -0.2) is 34.0 Å². The van der Waals surface area contributed by atoms with Gasteiger partial charge in [-0.25, -0.2) is 4.79 Å². The molecule has 1 aromatic carbocycles. The largest absolute Gasteiger partial charge is 0.480 e. The number of piperidine rings is 1. The fraction of sp³-hybridized carbons (Fsp3) is 0.429. The van der Waals surface area contributed by atoms with Gasteiger partial charge in [0.15, 0.2) is 0 Å². The normalized spacial score (nSPS) is 22.6. The Kier molecular flexibility index (Phi) is 4.25. The van der Waals surface area contributed by atoms with Gasteiger partial charge < -0.3 is 10.0 Å². The molecule has 20 heavy (non-hydrogen) atoms. The number of carboxylic acid groups (broad SMARTS) is 1. The van der Waals surface area contributed by atoms with Crippen molar-refractivity contribution >= 4 is 35.1 Å². The monoisotopic (exact) mass is 315 g/mol. The van der Waals surface area contributed by atoms with Crippen LogP contribution >= 0.6 is 23.2 Å². The van der Waals surface area contributed by atoms with Crippen molar-refractivity contribution in [2.24, 2.45) is 0 Å². The highest BCUT2D eigenvalue weighted by Crippen LogP contribution is 2.33. The van der Waals surface area contributed by atoms with Gasteiger partial charge in [0, 0.05) is 6.54 Å². The Morgan fingerprint density at radius 2 is 1.85 bits per heavy atom. The number of aliphatic carboxylic acids is 1. The van der Waals surface area contributed by atoms with Crippen LogP contribution < -0.4 is 0 Å². The van der Waals surface area contributed by atoms with Crippen molar-refractivity contribution in [1.29, 1.82) is 0 Å². The van der Waals surface area contributed by atoms with Crippen molar-refractivity contribution in [3.05, 3.63) is 33.8 Å². The quantitative estimate of drug-likeness (QED) is 0.909. The van der Waals surface area contributed by atoms with Crippen molar-refractivity contribution in [2.45, 2.75) is 31.7 Å². The van der Waals surface area contributed by atoms with Gasteiger partial charge in [0.05, 0.1) is 15.6 Å². The van der Waals surface area contributed by atoms with E-state index in [1.54, 1.807) is 25.1 Å². The standard InChI is InChI=1S/C14H15Cl2NO3/c1-14(13(19)20)7-2-3-8-17(14)12(18)11-9(15)5-4-6-10(11)16/h4-6H,2-3,7-8H2,1H3,(H,19,20). The summed E-state index contributed by atoms with van der Waals surface area (Å²) in [6, 6.07) is 4.79. The van der Waals surface area contributed by atoms with Crippen molar-refractivity contribution in [2.75, 3.05) is 6.54 Å². The fourth-order valence-electron chi connectivity index (χ4n) is 2.51. The Balaban J connectivity index is 2.43. The number of hydrogen-bond acceptors (Lipinski definition) is 2. The topological polar surface area (TPSA) is 57.6 Å². The molecule has 6 heteroatoms. The van der Waals surface area contributed by atoms with E-state index in [0.717, 1.165) is 12.8 Å². The Hall–Kier alpha value is -1.26. The van der Waals surface area contributed by atoms with E-state index >= 15 is 0 Å². The summed E-state index contributed by atoms with van der Waals surface area (Å²) >= 11 is 12.1. The lowest BCUT2D eigenvalue weighted by Gasteiger charge is -2.41. The molecule has 1 fully saturated rings. The van der Waals surface area contributed by atoms with E-state index in [9.17, 15) is 14.7 Å². The Morgan fingerprint density at radius 3 is 2.40 bits per heavy atom. The second kappa shape index (κ2) is 5.62. The van der Waals surface area contributed by atoms with Gasteiger partial charge in [0.1, 0.15) is 5.54 Å². The molecule has 1 saturated heterocycles.